The number of ether oxygens (including phenoxy) is 2. The molecule has 1 unspecified atom stereocenters. The van der Waals surface area contributed by atoms with E-state index in [4.69, 9.17) is 4.74 Å². The van der Waals surface area contributed by atoms with Gasteiger partial charge in [0, 0.05) is 18.5 Å². The van der Waals surface area contributed by atoms with Gasteiger partial charge in [-0.05, 0) is 67.4 Å². The van der Waals surface area contributed by atoms with Crippen molar-refractivity contribution in [3.05, 3.63) is 71.5 Å². The minimum absolute atomic E-state index is 0.323. The van der Waals surface area contributed by atoms with Crippen molar-refractivity contribution in [1.82, 2.24) is 10.2 Å². The second-order valence-electron chi connectivity index (χ2n) is 11.1. The monoisotopic (exact) mass is 544 g/mol. The highest BCUT2D eigenvalue weighted by Gasteiger charge is 2.58. The van der Waals surface area contributed by atoms with Crippen molar-refractivity contribution in [2.75, 3.05) is 20.2 Å². The summed E-state index contributed by atoms with van der Waals surface area (Å²) in [5, 5.41) is 15.1. The number of rotatable bonds is 8. The van der Waals surface area contributed by atoms with E-state index in [2.05, 4.69) is 10.1 Å². The number of benzene rings is 2. The first-order valence-electron chi connectivity index (χ1n) is 13.6. The first-order chi connectivity index (χ1) is 18.6. The Morgan fingerprint density at radius 1 is 1.13 bits per heavy atom. The van der Waals surface area contributed by atoms with Crippen LogP contribution in [0.25, 0.3) is 6.08 Å². The van der Waals surface area contributed by atoms with Crippen LogP contribution in [-0.2, 0) is 14.9 Å². The lowest BCUT2D eigenvalue weighted by atomic mass is 9.55. The van der Waals surface area contributed by atoms with E-state index in [0.717, 1.165) is 37.3 Å². The molecule has 0 spiro atoms. The molecule has 5 rings (SSSR count). The molecule has 1 saturated heterocycles. The first kappa shape index (κ1) is 27.5. The molecule has 2 aliphatic carbocycles. The van der Waals surface area contributed by atoms with E-state index in [1.54, 1.807) is 37.4 Å². The van der Waals surface area contributed by atoms with Gasteiger partial charge in [0.1, 0.15) is 5.75 Å². The van der Waals surface area contributed by atoms with Gasteiger partial charge in [-0.3, -0.25) is 9.69 Å². The number of fused-ring (bicyclic) bond motifs is 1. The number of nitrogens with zero attached hydrogens (tertiary/aromatic N) is 1. The predicted molar refractivity (Wildman–Crippen MR) is 140 cm³/mol. The first-order valence-corrected chi connectivity index (χ1v) is 13.6. The molecular weight excluding hydrogens is 509 g/mol. The summed E-state index contributed by atoms with van der Waals surface area (Å²) in [5.74, 6) is -0.641. The van der Waals surface area contributed by atoms with Crippen molar-refractivity contribution in [3.8, 4) is 5.75 Å². The SMILES string of the molecule is COc1cccc([C@@]23CCCCC2(O)CN(CC2CC2)[C@H](NC(=O)C(=Cc2ccccc2)OC(F)(F)F)C3)c1. The number of carbonyl (C=O) groups is 1. The number of halogens is 3. The molecule has 0 aromatic heterocycles. The largest absolute Gasteiger partial charge is 0.573 e. The van der Waals surface area contributed by atoms with Crippen molar-refractivity contribution in [2.45, 2.75) is 68.5 Å². The van der Waals surface area contributed by atoms with E-state index in [9.17, 15) is 23.1 Å². The molecule has 2 saturated carbocycles. The number of hydrogen-bond acceptors (Lipinski definition) is 5. The van der Waals surface area contributed by atoms with Gasteiger partial charge in [0.2, 0.25) is 0 Å². The number of hydrogen-bond donors (Lipinski definition) is 2. The molecule has 1 aliphatic heterocycles. The molecule has 2 aromatic rings. The van der Waals surface area contributed by atoms with Gasteiger partial charge < -0.3 is 19.9 Å². The summed E-state index contributed by atoms with van der Waals surface area (Å²) in [6, 6.07) is 15.9. The summed E-state index contributed by atoms with van der Waals surface area (Å²) in [4.78, 5) is 15.5. The van der Waals surface area contributed by atoms with E-state index >= 15 is 0 Å². The maximum Gasteiger partial charge on any atom is 0.573 e. The minimum atomic E-state index is -5.02. The third-order valence-corrected chi connectivity index (χ3v) is 8.44. The minimum Gasteiger partial charge on any atom is -0.497 e. The molecule has 1 amide bonds. The van der Waals surface area contributed by atoms with Crippen LogP contribution in [0.4, 0.5) is 13.2 Å². The van der Waals surface area contributed by atoms with E-state index in [-0.39, 0.29) is 0 Å². The molecule has 3 atom stereocenters. The van der Waals surface area contributed by atoms with Crippen LogP contribution in [0.5, 0.6) is 5.75 Å². The molecule has 2 N–H and O–H groups in total. The number of piperidine rings is 1. The summed E-state index contributed by atoms with van der Waals surface area (Å²) in [5.41, 5.74) is -0.397. The van der Waals surface area contributed by atoms with Crippen LogP contribution in [-0.4, -0.2) is 54.2 Å². The Hall–Kier alpha value is -3.04. The lowest BCUT2D eigenvalue weighted by Gasteiger charge is -2.59. The fraction of sp³-hybridized carbons (Fsp3) is 0.500. The number of amides is 1. The van der Waals surface area contributed by atoms with Crippen molar-refractivity contribution in [2.24, 2.45) is 5.92 Å². The molecule has 210 valence electrons. The van der Waals surface area contributed by atoms with Crippen LogP contribution in [0.2, 0.25) is 0 Å². The molecule has 39 heavy (non-hydrogen) atoms. The summed E-state index contributed by atoms with van der Waals surface area (Å²) >= 11 is 0. The van der Waals surface area contributed by atoms with Crippen LogP contribution >= 0.6 is 0 Å². The van der Waals surface area contributed by atoms with Gasteiger partial charge >= 0.3 is 6.36 Å². The predicted octanol–water partition coefficient (Wildman–Crippen LogP) is 5.37. The maximum atomic E-state index is 13.4. The fourth-order valence-corrected chi connectivity index (χ4v) is 6.35. The maximum absolute atomic E-state index is 13.4. The molecule has 2 aromatic carbocycles. The lowest BCUT2D eigenvalue weighted by Crippen LogP contribution is -2.70. The number of nitrogens with one attached hydrogen (secondary N) is 1. The summed E-state index contributed by atoms with van der Waals surface area (Å²) in [6.07, 6.45) is 1.08. The van der Waals surface area contributed by atoms with Crippen LogP contribution in [0.15, 0.2) is 60.4 Å². The molecule has 0 radical (unpaired) electrons. The van der Waals surface area contributed by atoms with E-state index in [1.165, 1.54) is 0 Å². The Morgan fingerprint density at radius 3 is 2.56 bits per heavy atom. The van der Waals surface area contributed by atoms with Crippen LogP contribution in [0.3, 0.4) is 0 Å². The number of aliphatic hydroxyl groups is 1. The van der Waals surface area contributed by atoms with Gasteiger partial charge in [-0.25, -0.2) is 0 Å². The van der Waals surface area contributed by atoms with Gasteiger partial charge in [-0.15, -0.1) is 13.2 Å². The molecule has 6 nitrogen and oxygen atoms in total. The molecule has 3 fully saturated rings. The van der Waals surface area contributed by atoms with Crippen LogP contribution < -0.4 is 10.1 Å². The smallest absolute Gasteiger partial charge is 0.497 e. The molecule has 1 heterocycles. The van der Waals surface area contributed by atoms with Crippen molar-refractivity contribution in [1.29, 1.82) is 0 Å². The van der Waals surface area contributed by atoms with E-state index in [0.29, 0.717) is 49.6 Å². The van der Waals surface area contributed by atoms with Gasteiger partial charge in [0.15, 0.2) is 5.76 Å². The summed E-state index contributed by atoms with van der Waals surface area (Å²) in [6.45, 7) is 0.989. The Bertz CT molecular complexity index is 1200. The standard InChI is InChI=1S/C30H35F3N2O4/c1-38-24-11-7-10-23(17-24)28-14-5-6-15-29(28,37)20-35(19-22-12-13-22)26(18-28)34-27(36)25(39-30(31,32)33)16-21-8-3-2-4-9-21/h2-4,7-11,16-17,22,26,37H,5-6,12-15,18-20H2,1H3,(H,34,36)/t26-,28-,29?/m0/s1. The number of likely N-dealkylation sites (tertiary alicyclic amines) is 1. The molecule has 9 heteroatoms. The van der Waals surface area contributed by atoms with E-state index < -0.39 is 35.2 Å². The lowest BCUT2D eigenvalue weighted by molar-refractivity contribution is -0.304. The Labute approximate surface area is 226 Å². The van der Waals surface area contributed by atoms with Gasteiger partial charge in [-0.1, -0.05) is 55.3 Å². The number of carbonyl (C=O) groups excluding carboxylic acids is 1. The van der Waals surface area contributed by atoms with Crippen molar-refractivity contribution in [3.63, 3.8) is 0 Å². The molecule has 0 bridgehead atoms. The second kappa shape index (κ2) is 10.8. The molecule has 3 aliphatic rings. The summed E-state index contributed by atoms with van der Waals surface area (Å²) in [7, 11) is 1.59. The number of β-amino-alcohol motifs (C(OH)–C–C–N with tert-alkyl or cyclic N) is 1. The highest BCUT2D eigenvalue weighted by molar-refractivity contribution is 5.96. The third-order valence-electron chi connectivity index (χ3n) is 8.44. The Kier molecular flexibility index (Phi) is 7.66. The average molecular weight is 545 g/mol. The number of methoxy groups -OCH3 is 1. The van der Waals surface area contributed by atoms with Gasteiger partial charge in [0.25, 0.3) is 5.91 Å². The highest BCUT2D eigenvalue weighted by atomic mass is 19.4. The second-order valence-corrected chi connectivity index (χ2v) is 11.1. The quantitative estimate of drug-likeness (QED) is 0.345. The molecular formula is C30H35F3N2O4. The summed E-state index contributed by atoms with van der Waals surface area (Å²) < 4.78 is 49.7. The van der Waals surface area contributed by atoms with E-state index in [1.807, 2.05) is 29.2 Å². The zero-order valence-corrected chi connectivity index (χ0v) is 22.0. The third kappa shape index (κ3) is 6.09. The topological polar surface area (TPSA) is 71.0 Å². The van der Waals surface area contributed by atoms with Gasteiger partial charge in [-0.2, -0.15) is 0 Å². The Morgan fingerprint density at radius 2 is 1.87 bits per heavy atom. The average Bonchev–Trinajstić information content (AvgIpc) is 3.72. The van der Waals surface area contributed by atoms with Crippen molar-refractivity contribution >= 4 is 12.0 Å². The van der Waals surface area contributed by atoms with Crippen LogP contribution in [0.1, 0.15) is 56.1 Å². The number of alkyl halides is 3. The fourth-order valence-electron chi connectivity index (χ4n) is 6.35. The Balaban J connectivity index is 1.49. The highest BCUT2D eigenvalue weighted by Crippen LogP contribution is 2.53. The zero-order chi connectivity index (χ0) is 27.7. The van der Waals surface area contributed by atoms with Crippen LogP contribution in [0, 0.1) is 5.92 Å². The van der Waals surface area contributed by atoms with Gasteiger partial charge in [0.05, 0.1) is 18.9 Å². The van der Waals surface area contributed by atoms with Crippen molar-refractivity contribution < 1.29 is 32.5 Å². The zero-order valence-electron chi connectivity index (χ0n) is 22.0. The normalized spacial score (nSPS) is 27.9.